The zero-order valence-electron chi connectivity index (χ0n) is 8.97. The van der Waals surface area contributed by atoms with Crippen LogP contribution >= 0.6 is 15.9 Å². The summed E-state index contributed by atoms with van der Waals surface area (Å²) in [5.41, 5.74) is 4.68. The van der Waals surface area contributed by atoms with Crippen LogP contribution in [0, 0.1) is 0 Å². The van der Waals surface area contributed by atoms with Crippen molar-refractivity contribution in [3.05, 3.63) is 58.3 Å². The Morgan fingerprint density at radius 1 is 1.12 bits per heavy atom. The molecule has 1 aromatic heterocycles. The second-order valence-electron chi connectivity index (χ2n) is 3.46. The average molecular weight is 291 g/mol. The van der Waals surface area contributed by atoms with Crippen LogP contribution in [0.15, 0.2) is 47.2 Å². The van der Waals surface area contributed by atoms with Crippen LogP contribution < -0.4 is 5.48 Å². The quantitative estimate of drug-likeness (QED) is 0.845. The second-order valence-corrected chi connectivity index (χ2v) is 4.38. The molecule has 4 heteroatoms. The Balaban J connectivity index is 2.22. The molecule has 0 saturated carbocycles. The van der Waals surface area contributed by atoms with Crippen LogP contribution in [0.1, 0.15) is 11.1 Å². The van der Waals surface area contributed by atoms with E-state index in [1.165, 1.54) is 0 Å². The molecule has 0 aliphatic rings. The Kier molecular flexibility index (Phi) is 3.90. The molecular formula is C13H11BrN2O. The predicted octanol–water partition coefficient (Wildman–Crippen LogP) is 3.82. The van der Waals surface area contributed by atoms with E-state index in [9.17, 15) is 0 Å². The molecule has 0 bridgehead atoms. The standard InChI is InChI=1S/C13H11BrN2O/c14-12-5-2-10(3-6-12)1-4-11-7-8-15-9-13(11)16-17/h1-9,16-17H/b4-1+. The summed E-state index contributed by atoms with van der Waals surface area (Å²) >= 11 is 3.39. The smallest absolute Gasteiger partial charge is 0.0857 e. The lowest BCUT2D eigenvalue weighted by Gasteiger charge is -2.02. The fourth-order valence-electron chi connectivity index (χ4n) is 1.40. The van der Waals surface area contributed by atoms with Crippen molar-refractivity contribution in [2.45, 2.75) is 0 Å². The molecule has 17 heavy (non-hydrogen) atoms. The number of pyridine rings is 1. The Hall–Kier alpha value is -1.65. The van der Waals surface area contributed by atoms with E-state index in [0.717, 1.165) is 15.6 Å². The number of aromatic nitrogens is 1. The van der Waals surface area contributed by atoms with Crippen molar-refractivity contribution in [2.24, 2.45) is 0 Å². The van der Waals surface area contributed by atoms with E-state index in [1.807, 2.05) is 42.5 Å². The summed E-state index contributed by atoms with van der Waals surface area (Å²) in [5.74, 6) is 0. The van der Waals surface area contributed by atoms with Crippen molar-refractivity contribution in [1.29, 1.82) is 0 Å². The maximum Gasteiger partial charge on any atom is 0.0857 e. The van der Waals surface area contributed by atoms with Gasteiger partial charge < -0.3 is 0 Å². The van der Waals surface area contributed by atoms with E-state index < -0.39 is 0 Å². The summed E-state index contributed by atoms with van der Waals surface area (Å²) in [6, 6.07) is 9.81. The highest BCUT2D eigenvalue weighted by molar-refractivity contribution is 9.10. The maximum atomic E-state index is 8.92. The lowest BCUT2D eigenvalue weighted by molar-refractivity contribution is 0.388. The first-order chi connectivity index (χ1) is 8.29. The summed E-state index contributed by atoms with van der Waals surface area (Å²) in [4.78, 5) is 3.92. The third kappa shape index (κ3) is 3.15. The van der Waals surface area contributed by atoms with Gasteiger partial charge in [-0.15, -0.1) is 0 Å². The highest BCUT2D eigenvalue weighted by atomic mass is 79.9. The van der Waals surface area contributed by atoms with Gasteiger partial charge in [0.25, 0.3) is 0 Å². The number of nitrogens with zero attached hydrogens (tertiary/aromatic N) is 1. The minimum Gasteiger partial charge on any atom is -0.291 e. The molecule has 1 heterocycles. The molecule has 0 spiro atoms. The van der Waals surface area contributed by atoms with Crippen LogP contribution in [0.25, 0.3) is 12.2 Å². The lowest BCUT2D eigenvalue weighted by Crippen LogP contribution is -1.92. The van der Waals surface area contributed by atoms with Gasteiger partial charge in [0, 0.05) is 16.2 Å². The van der Waals surface area contributed by atoms with Crippen molar-refractivity contribution >= 4 is 33.8 Å². The molecule has 0 radical (unpaired) electrons. The number of nitrogens with one attached hydrogen (secondary N) is 1. The molecule has 0 atom stereocenters. The number of anilines is 1. The Morgan fingerprint density at radius 3 is 2.59 bits per heavy atom. The molecular weight excluding hydrogens is 280 g/mol. The molecule has 1 aromatic carbocycles. The average Bonchev–Trinajstić information content (AvgIpc) is 2.38. The van der Waals surface area contributed by atoms with Gasteiger partial charge in [0.1, 0.15) is 0 Å². The van der Waals surface area contributed by atoms with Crippen molar-refractivity contribution in [3.8, 4) is 0 Å². The molecule has 2 aromatic rings. The van der Waals surface area contributed by atoms with Gasteiger partial charge in [0.15, 0.2) is 0 Å². The molecule has 0 saturated heterocycles. The fourth-order valence-corrected chi connectivity index (χ4v) is 1.67. The van der Waals surface area contributed by atoms with E-state index in [-0.39, 0.29) is 0 Å². The minimum absolute atomic E-state index is 0.584. The summed E-state index contributed by atoms with van der Waals surface area (Å²) in [5, 5.41) is 8.92. The highest BCUT2D eigenvalue weighted by Gasteiger charge is 1.96. The van der Waals surface area contributed by atoms with Crippen LogP contribution in [0.3, 0.4) is 0 Å². The number of rotatable bonds is 3. The third-order valence-corrected chi connectivity index (χ3v) is 2.83. The number of benzene rings is 1. The molecule has 3 nitrogen and oxygen atoms in total. The van der Waals surface area contributed by atoms with Gasteiger partial charge in [-0.2, -0.15) is 0 Å². The number of hydrogen-bond acceptors (Lipinski definition) is 3. The monoisotopic (exact) mass is 290 g/mol. The zero-order chi connectivity index (χ0) is 12.1. The molecule has 86 valence electrons. The predicted molar refractivity (Wildman–Crippen MR) is 72.7 cm³/mol. The summed E-state index contributed by atoms with van der Waals surface area (Å²) in [6.07, 6.45) is 7.15. The molecule has 0 aliphatic carbocycles. The minimum atomic E-state index is 0.584. The van der Waals surface area contributed by atoms with Gasteiger partial charge in [-0.25, -0.2) is 0 Å². The third-order valence-electron chi connectivity index (χ3n) is 2.30. The molecule has 0 fully saturated rings. The zero-order valence-corrected chi connectivity index (χ0v) is 10.6. The molecule has 0 amide bonds. The SMILES string of the molecule is ONc1cnccc1/C=C/c1ccc(Br)cc1. The van der Waals surface area contributed by atoms with E-state index in [0.29, 0.717) is 5.69 Å². The summed E-state index contributed by atoms with van der Waals surface area (Å²) in [7, 11) is 0. The van der Waals surface area contributed by atoms with Crippen LogP contribution in [-0.4, -0.2) is 10.2 Å². The molecule has 2 rings (SSSR count). The van der Waals surface area contributed by atoms with Gasteiger partial charge in [-0.3, -0.25) is 15.7 Å². The lowest BCUT2D eigenvalue weighted by atomic mass is 10.1. The summed E-state index contributed by atoms with van der Waals surface area (Å²) < 4.78 is 1.05. The van der Waals surface area contributed by atoms with E-state index in [2.05, 4.69) is 26.4 Å². The Morgan fingerprint density at radius 2 is 1.88 bits per heavy atom. The van der Waals surface area contributed by atoms with Gasteiger partial charge in [0.2, 0.25) is 0 Å². The maximum absolute atomic E-state index is 8.92. The van der Waals surface area contributed by atoms with Crippen molar-refractivity contribution in [2.75, 3.05) is 5.48 Å². The van der Waals surface area contributed by atoms with Crippen LogP contribution in [0.5, 0.6) is 0 Å². The number of halogens is 1. The first-order valence-corrected chi connectivity index (χ1v) is 5.86. The fraction of sp³-hybridized carbons (Fsp3) is 0. The van der Waals surface area contributed by atoms with Crippen molar-refractivity contribution < 1.29 is 5.21 Å². The first kappa shape index (κ1) is 11.8. The van der Waals surface area contributed by atoms with E-state index >= 15 is 0 Å². The Labute approximate surface area is 108 Å². The van der Waals surface area contributed by atoms with Crippen molar-refractivity contribution in [3.63, 3.8) is 0 Å². The summed E-state index contributed by atoms with van der Waals surface area (Å²) in [6.45, 7) is 0. The van der Waals surface area contributed by atoms with Crippen LogP contribution in [0.4, 0.5) is 5.69 Å². The highest BCUT2D eigenvalue weighted by Crippen LogP contribution is 2.17. The molecule has 0 aliphatic heterocycles. The Bertz CT molecular complexity index is 523. The van der Waals surface area contributed by atoms with Crippen LogP contribution in [-0.2, 0) is 0 Å². The van der Waals surface area contributed by atoms with E-state index in [1.54, 1.807) is 12.4 Å². The van der Waals surface area contributed by atoms with E-state index in [4.69, 9.17) is 5.21 Å². The normalized spacial score (nSPS) is 10.7. The number of hydrogen-bond donors (Lipinski definition) is 2. The van der Waals surface area contributed by atoms with Crippen molar-refractivity contribution in [1.82, 2.24) is 4.98 Å². The topological polar surface area (TPSA) is 45.1 Å². The van der Waals surface area contributed by atoms with Crippen LogP contribution in [0.2, 0.25) is 0 Å². The molecule has 2 N–H and O–H groups in total. The second kappa shape index (κ2) is 5.61. The first-order valence-electron chi connectivity index (χ1n) is 5.07. The van der Waals surface area contributed by atoms with Gasteiger partial charge in [0.05, 0.1) is 11.9 Å². The largest absolute Gasteiger partial charge is 0.291 e. The van der Waals surface area contributed by atoms with Gasteiger partial charge in [-0.1, -0.05) is 40.2 Å². The van der Waals surface area contributed by atoms with Gasteiger partial charge in [-0.05, 0) is 23.8 Å². The molecule has 0 unspecified atom stereocenters. The van der Waals surface area contributed by atoms with Gasteiger partial charge >= 0.3 is 0 Å².